The second kappa shape index (κ2) is 8.22. The monoisotopic (exact) mass is 399 g/mol. The van der Waals surface area contributed by atoms with Gasteiger partial charge in [-0.25, -0.2) is 9.78 Å². The van der Waals surface area contributed by atoms with Gasteiger partial charge >= 0.3 is 5.97 Å². The summed E-state index contributed by atoms with van der Waals surface area (Å²) in [5.74, 6) is -1.17. The average Bonchev–Trinajstić information content (AvgIpc) is 2.68. The van der Waals surface area contributed by atoms with Crippen LogP contribution in [-0.2, 0) is 16.1 Å². The fourth-order valence-corrected chi connectivity index (χ4v) is 2.96. The molecule has 0 spiro atoms. The number of esters is 1. The van der Waals surface area contributed by atoms with Crippen LogP contribution in [0.5, 0.6) is 0 Å². The van der Waals surface area contributed by atoms with E-state index in [4.69, 9.17) is 16.3 Å². The minimum Gasteiger partial charge on any atom is -0.452 e. The normalized spacial score (nSPS) is 10.7. The van der Waals surface area contributed by atoms with E-state index in [1.54, 1.807) is 54.0 Å². The number of carbonyl (C=O) groups is 2. The number of fused-ring (bicyclic) bond motifs is 1. The highest BCUT2D eigenvalue weighted by Gasteiger charge is 2.14. The number of ether oxygens (including phenoxy) is 1. The number of hydrogen-bond donors (Lipinski definition) is 1. The van der Waals surface area contributed by atoms with Crippen LogP contribution >= 0.6 is 11.6 Å². The van der Waals surface area contributed by atoms with Gasteiger partial charge in [0.2, 0.25) is 0 Å². The Morgan fingerprint density at radius 1 is 1.21 bits per heavy atom. The van der Waals surface area contributed by atoms with E-state index < -0.39 is 18.5 Å². The number of nitrogens with zero attached hydrogens (tertiary/aromatic N) is 2. The first-order valence-electron chi connectivity index (χ1n) is 8.63. The number of aromatic nitrogens is 2. The zero-order valence-electron chi connectivity index (χ0n) is 15.4. The molecule has 1 heterocycles. The molecule has 28 heavy (non-hydrogen) atoms. The molecule has 1 amide bonds. The van der Waals surface area contributed by atoms with E-state index in [2.05, 4.69) is 10.3 Å². The summed E-state index contributed by atoms with van der Waals surface area (Å²) in [5.41, 5.74) is 2.00. The highest BCUT2D eigenvalue weighted by atomic mass is 35.5. The van der Waals surface area contributed by atoms with Gasteiger partial charge in [-0.15, -0.1) is 0 Å². The van der Waals surface area contributed by atoms with Crippen LogP contribution in [0.1, 0.15) is 23.0 Å². The topological polar surface area (TPSA) is 90.3 Å². The van der Waals surface area contributed by atoms with Crippen molar-refractivity contribution in [3.8, 4) is 0 Å². The molecule has 1 aromatic heterocycles. The third kappa shape index (κ3) is 4.04. The molecule has 0 saturated carbocycles. The third-order valence-corrected chi connectivity index (χ3v) is 4.47. The van der Waals surface area contributed by atoms with Crippen molar-refractivity contribution >= 4 is 40.2 Å². The molecule has 3 rings (SSSR count). The lowest BCUT2D eigenvalue weighted by molar-refractivity contribution is -0.119. The maximum Gasteiger partial charge on any atom is 0.338 e. The Balaban J connectivity index is 1.73. The van der Waals surface area contributed by atoms with E-state index in [1.165, 1.54) is 0 Å². The highest BCUT2D eigenvalue weighted by molar-refractivity contribution is 6.33. The van der Waals surface area contributed by atoms with Gasteiger partial charge in [0.25, 0.3) is 11.5 Å². The molecule has 7 nitrogen and oxygen atoms in total. The molecule has 0 saturated heterocycles. The van der Waals surface area contributed by atoms with Gasteiger partial charge in [-0.05, 0) is 44.2 Å². The van der Waals surface area contributed by atoms with E-state index in [0.29, 0.717) is 34.0 Å². The van der Waals surface area contributed by atoms with Gasteiger partial charge in [-0.2, -0.15) is 0 Å². The number of amides is 1. The Labute approximate surface area is 165 Å². The van der Waals surface area contributed by atoms with Gasteiger partial charge in [0, 0.05) is 6.54 Å². The highest BCUT2D eigenvalue weighted by Crippen LogP contribution is 2.20. The smallest absolute Gasteiger partial charge is 0.338 e. The van der Waals surface area contributed by atoms with Crippen molar-refractivity contribution in [2.45, 2.75) is 20.4 Å². The average molecular weight is 400 g/mol. The molecule has 2 aromatic carbocycles. The standard InChI is InChI=1S/C20H18ClN3O4/c1-3-24-17-9-8-13(10-16(17)22-12(2)19(24)26)20(27)28-11-18(25)23-15-7-5-4-6-14(15)21/h4-10H,3,11H2,1-2H3,(H,23,25). The molecule has 0 aliphatic rings. The SMILES string of the molecule is CCn1c(=O)c(C)nc2cc(C(=O)OCC(=O)Nc3ccccc3Cl)ccc21. The number of aryl methyl sites for hydroxylation is 2. The number of nitrogens with one attached hydrogen (secondary N) is 1. The summed E-state index contributed by atoms with van der Waals surface area (Å²) in [4.78, 5) is 40.7. The molecule has 0 radical (unpaired) electrons. The number of hydrogen-bond acceptors (Lipinski definition) is 5. The second-order valence-electron chi connectivity index (χ2n) is 6.05. The van der Waals surface area contributed by atoms with Crippen LogP contribution in [0.2, 0.25) is 5.02 Å². The Morgan fingerprint density at radius 2 is 1.96 bits per heavy atom. The summed E-state index contributed by atoms with van der Waals surface area (Å²) >= 11 is 5.98. The van der Waals surface area contributed by atoms with Crippen molar-refractivity contribution in [2.75, 3.05) is 11.9 Å². The van der Waals surface area contributed by atoms with Crippen molar-refractivity contribution in [3.63, 3.8) is 0 Å². The van der Waals surface area contributed by atoms with Crippen molar-refractivity contribution < 1.29 is 14.3 Å². The van der Waals surface area contributed by atoms with Crippen LogP contribution in [0, 0.1) is 6.92 Å². The molecule has 0 aliphatic heterocycles. The molecule has 8 heteroatoms. The Kier molecular flexibility index (Phi) is 5.75. The predicted octanol–water partition coefficient (Wildman–Crippen LogP) is 3.17. The summed E-state index contributed by atoms with van der Waals surface area (Å²) in [6.07, 6.45) is 0. The quantitative estimate of drug-likeness (QED) is 0.665. The number of carbonyl (C=O) groups excluding carboxylic acids is 2. The van der Waals surface area contributed by atoms with E-state index in [1.807, 2.05) is 6.92 Å². The molecular formula is C20H18ClN3O4. The number of rotatable bonds is 5. The van der Waals surface area contributed by atoms with Crippen molar-refractivity contribution in [1.82, 2.24) is 9.55 Å². The lowest BCUT2D eigenvalue weighted by atomic mass is 10.2. The zero-order chi connectivity index (χ0) is 20.3. The number of halogens is 1. The van der Waals surface area contributed by atoms with Crippen LogP contribution in [-0.4, -0.2) is 28.0 Å². The van der Waals surface area contributed by atoms with E-state index in [0.717, 1.165) is 0 Å². The summed E-state index contributed by atoms with van der Waals surface area (Å²) in [6, 6.07) is 11.5. The Morgan fingerprint density at radius 3 is 2.68 bits per heavy atom. The molecule has 0 unspecified atom stereocenters. The molecular weight excluding hydrogens is 382 g/mol. The lowest BCUT2D eigenvalue weighted by Gasteiger charge is -2.10. The Hall–Kier alpha value is -3.19. The maximum absolute atomic E-state index is 12.3. The molecule has 0 bridgehead atoms. The van der Waals surface area contributed by atoms with Crippen LogP contribution in [0.4, 0.5) is 5.69 Å². The molecule has 0 atom stereocenters. The number of anilines is 1. The van der Waals surface area contributed by atoms with Gasteiger partial charge in [-0.1, -0.05) is 23.7 Å². The predicted molar refractivity (Wildman–Crippen MR) is 107 cm³/mol. The van der Waals surface area contributed by atoms with Gasteiger partial charge < -0.3 is 14.6 Å². The molecule has 3 aromatic rings. The fourth-order valence-electron chi connectivity index (χ4n) is 2.78. The summed E-state index contributed by atoms with van der Waals surface area (Å²) in [5, 5.41) is 2.97. The van der Waals surface area contributed by atoms with E-state index >= 15 is 0 Å². The van der Waals surface area contributed by atoms with E-state index in [-0.39, 0.29) is 11.1 Å². The minimum atomic E-state index is -0.662. The van der Waals surface area contributed by atoms with E-state index in [9.17, 15) is 14.4 Å². The Bertz CT molecular complexity index is 1120. The van der Waals surface area contributed by atoms with Gasteiger partial charge in [0.15, 0.2) is 6.61 Å². The largest absolute Gasteiger partial charge is 0.452 e. The van der Waals surface area contributed by atoms with Gasteiger partial charge in [0.05, 0.1) is 27.3 Å². The van der Waals surface area contributed by atoms with Crippen molar-refractivity contribution in [2.24, 2.45) is 0 Å². The molecule has 0 aliphatic carbocycles. The molecule has 1 N–H and O–H groups in total. The van der Waals surface area contributed by atoms with Crippen LogP contribution in [0.15, 0.2) is 47.3 Å². The van der Waals surface area contributed by atoms with Gasteiger partial charge in [0.1, 0.15) is 5.69 Å². The first-order chi connectivity index (χ1) is 13.4. The van der Waals surface area contributed by atoms with Crippen molar-refractivity contribution in [1.29, 1.82) is 0 Å². The maximum atomic E-state index is 12.3. The van der Waals surface area contributed by atoms with Crippen LogP contribution < -0.4 is 10.9 Å². The fraction of sp³-hybridized carbons (Fsp3) is 0.200. The number of para-hydroxylation sites is 1. The van der Waals surface area contributed by atoms with Crippen molar-refractivity contribution in [3.05, 3.63) is 69.1 Å². The minimum absolute atomic E-state index is 0.165. The lowest BCUT2D eigenvalue weighted by Crippen LogP contribution is -2.23. The van der Waals surface area contributed by atoms with Crippen LogP contribution in [0.3, 0.4) is 0 Å². The zero-order valence-corrected chi connectivity index (χ0v) is 16.1. The summed E-state index contributed by atoms with van der Waals surface area (Å²) in [7, 11) is 0. The first kappa shape index (κ1) is 19.6. The molecule has 0 fully saturated rings. The first-order valence-corrected chi connectivity index (χ1v) is 9.01. The second-order valence-corrected chi connectivity index (χ2v) is 6.46. The van der Waals surface area contributed by atoms with Gasteiger partial charge in [-0.3, -0.25) is 9.59 Å². The third-order valence-electron chi connectivity index (χ3n) is 4.14. The summed E-state index contributed by atoms with van der Waals surface area (Å²) in [6.45, 7) is 3.52. The summed E-state index contributed by atoms with van der Waals surface area (Å²) < 4.78 is 6.66. The van der Waals surface area contributed by atoms with Crippen LogP contribution in [0.25, 0.3) is 11.0 Å². The molecule has 144 valence electrons. The number of benzene rings is 2.